The predicted octanol–water partition coefficient (Wildman–Crippen LogP) is 2.92. The Bertz CT molecular complexity index is 1010. The van der Waals surface area contributed by atoms with Crippen LogP contribution in [0.25, 0.3) is 11.0 Å². The molecule has 1 aromatic heterocycles. The van der Waals surface area contributed by atoms with E-state index in [4.69, 9.17) is 5.73 Å². The Hall–Kier alpha value is -3.02. The van der Waals surface area contributed by atoms with Crippen LogP contribution in [-0.2, 0) is 0 Å². The normalized spacial score (nSPS) is 24.0. The van der Waals surface area contributed by atoms with Crippen LogP contribution in [0.2, 0.25) is 0 Å². The van der Waals surface area contributed by atoms with Crippen molar-refractivity contribution >= 4 is 28.6 Å². The van der Waals surface area contributed by atoms with Gasteiger partial charge >= 0.3 is 0 Å². The van der Waals surface area contributed by atoms with Crippen molar-refractivity contribution in [2.45, 2.75) is 31.3 Å². The molecule has 5 N–H and O–H groups in total. The fourth-order valence-corrected chi connectivity index (χ4v) is 4.32. The summed E-state index contributed by atoms with van der Waals surface area (Å²) in [6.45, 7) is 2.17. The van der Waals surface area contributed by atoms with E-state index in [9.17, 15) is 4.79 Å². The minimum atomic E-state index is -0.0578. The molecule has 6 nitrogen and oxygen atoms in total. The van der Waals surface area contributed by atoms with E-state index < -0.39 is 0 Å². The van der Waals surface area contributed by atoms with Crippen molar-refractivity contribution in [3.63, 3.8) is 0 Å². The second kappa shape index (κ2) is 4.99. The number of nitrogen functional groups attached to an aromatic ring is 1. The molecule has 3 heterocycles. The van der Waals surface area contributed by atoms with Gasteiger partial charge in [-0.15, -0.1) is 0 Å². The first-order chi connectivity index (χ1) is 12.2. The number of aromatic nitrogens is 2. The molecule has 0 radical (unpaired) electrons. The summed E-state index contributed by atoms with van der Waals surface area (Å²) in [5.41, 5.74) is 11.5. The second-order valence-corrected chi connectivity index (χ2v) is 6.80. The van der Waals surface area contributed by atoms with Gasteiger partial charge in [0.05, 0.1) is 17.1 Å². The van der Waals surface area contributed by atoms with Gasteiger partial charge in [0.1, 0.15) is 0 Å². The van der Waals surface area contributed by atoms with Gasteiger partial charge in [-0.25, -0.2) is 4.98 Å². The summed E-state index contributed by atoms with van der Waals surface area (Å²) in [4.78, 5) is 19.9. The molecule has 3 atom stereocenters. The zero-order valence-electron chi connectivity index (χ0n) is 13.8. The van der Waals surface area contributed by atoms with Crippen molar-refractivity contribution in [1.29, 1.82) is 0 Å². The van der Waals surface area contributed by atoms with Crippen molar-refractivity contribution in [1.82, 2.24) is 15.3 Å². The number of nitrogens with zero attached hydrogens (tertiary/aromatic N) is 1. The van der Waals surface area contributed by atoms with E-state index in [0.29, 0.717) is 11.5 Å². The van der Waals surface area contributed by atoms with Crippen LogP contribution in [0.3, 0.4) is 0 Å². The van der Waals surface area contributed by atoms with E-state index in [0.717, 1.165) is 28.7 Å². The molecule has 0 fully saturated rings. The number of H-pyrrole nitrogens is 1. The lowest BCUT2D eigenvalue weighted by Crippen LogP contribution is -2.31. The fraction of sp³-hybridized carbons (Fsp3) is 0.263. The number of amides is 1. The number of nitrogens with two attached hydrogens (primary N) is 1. The van der Waals surface area contributed by atoms with E-state index in [2.05, 4.69) is 45.7 Å². The third-order valence-electron chi connectivity index (χ3n) is 5.43. The maximum atomic E-state index is 12.6. The number of carbonyl (C=O) groups excluding carboxylic acids is 1. The van der Waals surface area contributed by atoms with Crippen LogP contribution in [0.15, 0.2) is 36.4 Å². The number of nitrogens with one attached hydrogen (secondary N) is 3. The fourth-order valence-electron chi connectivity index (χ4n) is 4.32. The van der Waals surface area contributed by atoms with E-state index in [1.807, 2.05) is 18.2 Å². The topological polar surface area (TPSA) is 95.8 Å². The number of benzene rings is 2. The van der Waals surface area contributed by atoms with Crippen LogP contribution in [0.1, 0.15) is 46.8 Å². The summed E-state index contributed by atoms with van der Waals surface area (Å²) < 4.78 is 0. The summed E-state index contributed by atoms with van der Waals surface area (Å²) in [5, 5.41) is 6.80. The van der Waals surface area contributed by atoms with Crippen LogP contribution in [-0.4, -0.2) is 21.9 Å². The van der Waals surface area contributed by atoms with Crippen LogP contribution in [0.4, 0.5) is 11.6 Å². The van der Waals surface area contributed by atoms with Crippen molar-refractivity contribution in [3.05, 3.63) is 53.1 Å². The number of fused-ring (bicyclic) bond motifs is 3. The largest absolute Gasteiger partial charge is 0.381 e. The molecule has 3 unspecified atom stereocenters. The number of imidazole rings is 1. The molecule has 0 saturated carbocycles. The van der Waals surface area contributed by atoms with Gasteiger partial charge in [-0.1, -0.05) is 25.1 Å². The molecule has 2 aliphatic heterocycles. The molecule has 2 aromatic carbocycles. The maximum absolute atomic E-state index is 12.6. The van der Waals surface area contributed by atoms with Gasteiger partial charge in [-0.3, -0.25) is 4.79 Å². The molecule has 0 spiro atoms. The summed E-state index contributed by atoms with van der Waals surface area (Å²) in [6, 6.07) is 12.4. The first-order valence-electron chi connectivity index (χ1n) is 8.61. The summed E-state index contributed by atoms with van der Waals surface area (Å²) >= 11 is 0. The van der Waals surface area contributed by atoms with Crippen molar-refractivity contribution in [2.24, 2.45) is 0 Å². The van der Waals surface area contributed by atoms with Crippen molar-refractivity contribution in [2.75, 3.05) is 11.1 Å². The Labute approximate surface area is 144 Å². The lowest BCUT2D eigenvalue weighted by Gasteiger charge is -2.26. The Morgan fingerprint density at radius 1 is 1.16 bits per heavy atom. The summed E-state index contributed by atoms with van der Waals surface area (Å²) in [5.74, 6) is 0.529. The number of carbonyl (C=O) groups is 1. The van der Waals surface area contributed by atoms with Crippen molar-refractivity contribution < 1.29 is 4.79 Å². The Morgan fingerprint density at radius 2 is 2.00 bits per heavy atom. The summed E-state index contributed by atoms with van der Waals surface area (Å²) in [6.07, 6.45) is 0.986. The standard InChI is InChI=1S/C19H19N5O/c1-2-12-16(9-5-3-4-6-13(9)21-12)17-10-7-14-15(23-19(20)22-14)8-11(10)18(25)24-17/h3-8,12,16-17,21H,2H2,1H3,(H,24,25)(H3,20,22,23). The predicted molar refractivity (Wildman–Crippen MR) is 97.6 cm³/mol. The Morgan fingerprint density at radius 3 is 2.84 bits per heavy atom. The molecule has 3 aromatic rings. The second-order valence-electron chi connectivity index (χ2n) is 6.80. The van der Waals surface area contributed by atoms with Gasteiger partial charge in [-0.05, 0) is 35.7 Å². The summed E-state index contributed by atoms with van der Waals surface area (Å²) in [7, 11) is 0. The highest BCUT2D eigenvalue weighted by Gasteiger charge is 2.42. The number of hydrogen-bond acceptors (Lipinski definition) is 4. The monoisotopic (exact) mass is 333 g/mol. The average Bonchev–Trinajstić information content (AvgIpc) is 3.25. The number of aromatic amines is 1. The molecule has 0 saturated heterocycles. The van der Waals surface area contributed by atoms with Gasteiger partial charge in [0.2, 0.25) is 0 Å². The quantitative estimate of drug-likeness (QED) is 0.580. The molecular weight excluding hydrogens is 314 g/mol. The third kappa shape index (κ3) is 1.97. The van der Waals surface area contributed by atoms with Gasteiger partial charge in [0.25, 0.3) is 5.91 Å². The van der Waals surface area contributed by atoms with Gasteiger partial charge in [0.15, 0.2) is 5.95 Å². The lowest BCUT2D eigenvalue weighted by molar-refractivity contribution is 0.0951. The number of rotatable bonds is 2. The zero-order chi connectivity index (χ0) is 17.1. The first-order valence-corrected chi connectivity index (χ1v) is 8.61. The Balaban J connectivity index is 1.67. The molecular formula is C19H19N5O. The molecule has 25 heavy (non-hydrogen) atoms. The average molecular weight is 333 g/mol. The lowest BCUT2D eigenvalue weighted by atomic mass is 9.83. The minimum absolute atomic E-state index is 0.0392. The molecule has 1 amide bonds. The number of para-hydroxylation sites is 1. The number of hydrogen-bond donors (Lipinski definition) is 4. The third-order valence-corrected chi connectivity index (χ3v) is 5.43. The zero-order valence-corrected chi connectivity index (χ0v) is 13.8. The van der Waals surface area contributed by atoms with Gasteiger partial charge < -0.3 is 21.4 Å². The number of anilines is 2. The SMILES string of the molecule is CCC1Nc2ccccc2C1C1NC(=O)c2cc3nc(N)[nH]c3cc21. The molecule has 5 rings (SSSR count). The maximum Gasteiger partial charge on any atom is 0.252 e. The van der Waals surface area contributed by atoms with E-state index in [1.54, 1.807) is 0 Å². The highest BCUT2D eigenvalue weighted by Crippen LogP contribution is 2.47. The molecule has 0 bridgehead atoms. The smallest absolute Gasteiger partial charge is 0.252 e. The van der Waals surface area contributed by atoms with E-state index in [1.165, 1.54) is 5.56 Å². The molecule has 2 aliphatic rings. The van der Waals surface area contributed by atoms with Crippen molar-refractivity contribution in [3.8, 4) is 0 Å². The first kappa shape index (κ1) is 14.3. The molecule has 0 aliphatic carbocycles. The molecule has 126 valence electrons. The van der Waals surface area contributed by atoms with Crippen LogP contribution in [0.5, 0.6) is 0 Å². The van der Waals surface area contributed by atoms with E-state index in [-0.39, 0.29) is 23.9 Å². The van der Waals surface area contributed by atoms with Crippen LogP contribution in [0, 0.1) is 0 Å². The molecule has 6 heteroatoms. The van der Waals surface area contributed by atoms with E-state index >= 15 is 0 Å². The van der Waals surface area contributed by atoms with Crippen LogP contribution < -0.4 is 16.4 Å². The van der Waals surface area contributed by atoms with Crippen LogP contribution >= 0.6 is 0 Å². The Kier molecular flexibility index (Phi) is 2.86. The minimum Gasteiger partial charge on any atom is -0.381 e. The highest BCUT2D eigenvalue weighted by molar-refractivity contribution is 6.02. The highest BCUT2D eigenvalue weighted by atomic mass is 16.2. The van der Waals surface area contributed by atoms with Gasteiger partial charge in [-0.2, -0.15) is 0 Å². The van der Waals surface area contributed by atoms with Gasteiger partial charge in [0, 0.05) is 23.2 Å².